The van der Waals surface area contributed by atoms with Gasteiger partial charge in [-0.1, -0.05) is 30.0 Å². The van der Waals surface area contributed by atoms with Crippen LogP contribution in [0.3, 0.4) is 0 Å². The first-order valence-electron chi connectivity index (χ1n) is 9.43. The number of para-hydroxylation sites is 1. The summed E-state index contributed by atoms with van der Waals surface area (Å²) in [6.45, 7) is 7.00. The average molecular weight is 381 g/mol. The molecule has 1 aliphatic carbocycles. The van der Waals surface area contributed by atoms with E-state index in [9.17, 15) is 4.79 Å². The van der Waals surface area contributed by atoms with E-state index in [1.807, 2.05) is 38.1 Å². The molecule has 1 aromatic carbocycles. The van der Waals surface area contributed by atoms with E-state index in [-0.39, 0.29) is 5.78 Å². The maximum atomic E-state index is 12.9. The fourth-order valence-corrected chi connectivity index (χ4v) is 4.47. The Morgan fingerprint density at radius 1 is 1.19 bits per heavy atom. The van der Waals surface area contributed by atoms with Crippen LogP contribution in [0.5, 0.6) is 0 Å². The number of carbonyl (C=O) groups is 1. The molecule has 0 amide bonds. The van der Waals surface area contributed by atoms with Crippen LogP contribution in [-0.4, -0.2) is 30.9 Å². The summed E-state index contributed by atoms with van der Waals surface area (Å²) in [5.41, 5.74) is 3.92. The second-order valence-corrected chi connectivity index (χ2v) is 7.97. The molecule has 0 N–H and O–H groups in total. The van der Waals surface area contributed by atoms with Gasteiger partial charge in [-0.2, -0.15) is 0 Å². The Balaban J connectivity index is 1.53. The van der Waals surface area contributed by atoms with Gasteiger partial charge in [0.1, 0.15) is 5.82 Å². The summed E-state index contributed by atoms with van der Waals surface area (Å²) in [7, 11) is 0. The molecule has 0 aliphatic heterocycles. The summed E-state index contributed by atoms with van der Waals surface area (Å²) in [5.74, 6) is 2.15. The predicted molar refractivity (Wildman–Crippen MR) is 108 cm³/mol. The lowest BCUT2D eigenvalue weighted by Gasteiger charge is -2.09. The van der Waals surface area contributed by atoms with Crippen molar-refractivity contribution in [3.8, 4) is 5.69 Å². The Kier molecular flexibility index (Phi) is 4.91. The van der Waals surface area contributed by atoms with Crippen LogP contribution in [0, 0.1) is 13.8 Å². The van der Waals surface area contributed by atoms with Gasteiger partial charge < -0.3 is 9.13 Å². The van der Waals surface area contributed by atoms with E-state index in [2.05, 4.69) is 38.4 Å². The molecule has 0 spiro atoms. The highest BCUT2D eigenvalue weighted by Crippen LogP contribution is 2.40. The molecule has 6 heteroatoms. The fourth-order valence-electron chi connectivity index (χ4n) is 3.57. The lowest BCUT2D eigenvalue weighted by molar-refractivity contribution is 0.102. The van der Waals surface area contributed by atoms with Crippen molar-refractivity contribution in [1.82, 2.24) is 19.3 Å². The van der Waals surface area contributed by atoms with Crippen molar-refractivity contribution in [2.45, 2.75) is 51.2 Å². The summed E-state index contributed by atoms with van der Waals surface area (Å²) >= 11 is 1.49. The number of nitrogens with zero attached hydrogens (tertiary/aromatic N) is 4. The number of aryl methyl sites for hydroxylation is 1. The van der Waals surface area contributed by atoms with Gasteiger partial charge in [0.2, 0.25) is 0 Å². The second kappa shape index (κ2) is 7.35. The van der Waals surface area contributed by atoms with Gasteiger partial charge in [0.25, 0.3) is 0 Å². The Morgan fingerprint density at radius 3 is 2.59 bits per heavy atom. The molecule has 1 saturated carbocycles. The van der Waals surface area contributed by atoms with Gasteiger partial charge in [-0.05, 0) is 51.8 Å². The molecular formula is C21H24N4OS. The number of carbonyl (C=O) groups excluding carboxylic acids is 1. The van der Waals surface area contributed by atoms with Gasteiger partial charge in [0.05, 0.1) is 5.75 Å². The largest absolute Gasteiger partial charge is 0.318 e. The van der Waals surface area contributed by atoms with Crippen molar-refractivity contribution >= 4 is 17.5 Å². The fraction of sp³-hybridized carbons (Fsp3) is 0.381. The highest BCUT2D eigenvalue weighted by molar-refractivity contribution is 7.99. The molecule has 3 aromatic rings. The highest BCUT2D eigenvalue weighted by Gasteiger charge is 2.30. The second-order valence-electron chi connectivity index (χ2n) is 7.03. The normalized spacial score (nSPS) is 13.9. The minimum Gasteiger partial charge on any atom is -0.318 e. The van der Waals surface area contributed by atoms with E-state index in [0.29, 0.717) is 11.7 Å². The van der Waals surface area contributed by atoms with E-state index in [1.54, 1.807) is 0 Å². The van der Waals surface area contributed by atoms with Crippen LogP contribution in [0.2, 0.25) is 0 Å². The first-order valence-corrected chi connectivity index (χ1v) is 10.4. The zero-order valence-electron chi connectivity index (χ0n) is 16.0. The van der Waals surface area contributed by atoms with Crippen LogP contribution < -0.4 is 0 Å². The Bertz CT molecular complexity index is 970. The number of hydrogen-bond donors (Lipinski definition) is 0. The van der Waals surface area contributed by atoms with Crippen molar-refractivity contribution in [3.63, 3.8) is 0 Å². The lowest BCUT2D eigenvalue weighted by Crippen LogP contribution is -2.07. The molecule has 0 radical (unpaired) electrons. The van der Waals surface area contributed by atoms with Crippen molar-refractivity contribution in [2.24, 2.45) is 0 Å². The third-order valence-corrected chi connectivity index (χ3v) is 6.05. The number of aromatic nitrogens is 4. The van der Waals surface area contributed by atoms with Gasteiger partial charge in [-0.25, -0.2) is 0 Å². The van der Waals surface area contributed by atoms with Crippen LogP contribution in [-0.2, 0) is 6.54 Å². The molecule has 0 saturated heterocycles. The molecule has 0 atom stereocenters. The van der Waals surface area contributed by atoms with Crippen LogP contribution >= 0.6 is 11.8 Å². The zero-order valence-corrected chi connectivity index (χ0v) is 16.8. The first-order chi connectivity index (χ1) is 13.1. The summed E-state index contributed by atoms with van der Waals surface area (Å²) in [6.07, 6.45) is 2.40. The smallest absolute Gasteiger partial charge is 0.191 e. The Morgan fingerprint density at radius 2 is 1.93 bits per heavy atom. The zero-order chi connectivity index (χ0) is 19.0. The summed E-state index contributed by atoms with van der Waals surface area (Å²) < 4.78 is 4.29. The van der Waals surface area contributed by atoms with Crippen molar-refractivity contribution < 1.29 is 4.79 Å². The molecule has 27 heavy (non-hydrogen) atoms. The highest BCUT2D eigenvalue weighted by atomic mass is 32.2. The monoisotopic (exact) mass is 380 g/mol. The minimum atomic E-state index is 0.133. The van der Waals surface area contributed by atoms with Crippen molar-refractivity contribution in [3.05, 3.63) is 59.2 Å². The number of ketones is 1. The molecule has 1 aliphatic rings. The van der Waals surface area contributed by atoms with E-state index >= 15 is 0 Å². The van der Waals surface area contributed by atoms with Gasteiger partial charge in [-0.3, -0.25) is 4.79 Å². The quantitative estimate of drug-likeness (QED) is 0.445. The van der Waals surface area contributed by atoms with Gasteiger partial charge in [0.15, 0.2) is 10.9 Å². The standard InChI is InChI=1S/C21H24N4OS/c1-4-24-20(16-10-11-16)22-23-21(24)27-13-19(26)18-12-14(2)25(15(18)3)17-8-6-5-7-9-17/h5-9,12,16H,4,10-11,13H2,1-3H3. The van der Waals surface area contributed by atoms with E-state index < -0.39 is 0 Å². The first kappa shape index (κ1) is 18.0. The molecule has 1 fully saturated rings. The van der Waals surface area contributed by atoms with Gasteiger partial charge in [-0.15, -0.1) is 10.2 Å². The van der Waals surface area contributed by atoms with Gasteiger partial charge >= 0.3 is 0 Å². The average Bonchev–Trinajstić information content (AvgIpc) is 3.37. The maximum absolute atomic E-state index is 12.9. The van der Waals surface area contributed by atoms with Crippen LogP contribution in [0.25, 0.3) is 5.69 Å². The van der Waals surface area contributed by atoms with E-state index in [0.717, 1.165) is 40.2 Å². The Hall–Kier alpha value is -2.34. The molecule has 4 rings (SSSR count). The van der Waals surface area contributed by atoms with E-state index in [1.165, 1.54) is 24.6 Å². The van der Waals surface area contributed by atoms with E-state index in [4.69, 9.17) is 0 Å². The molecule has 0 unspecified atom stereocenters. The third-order valence-electron chi connectivity index (χ3n) is 5.08. The maximum Gasteiger partial charge on any atom is 0.191 e. The summed E-state index contributed by atoms with van der Waals surface area (Å²) in [4.78, 5) is 12.9. The Labute approximate surface area is 163 Å². The van der Waals surface area contributed by atoms with Gasteiger partial charge in [0, 0.05) is 35.1 Å². The summed E-state index contributed by atoms with van der Waals surface area (Å²) in [6, 6.07) is 12.1. The number of thioether (sulfide) groups is 1. The van der Waals surface area contributed by atoms with Crippen molar-refractivity contribution in [2.75, 3.05) is 5.75 Å². The number of rotatable bonds is 7. The molecular weight excluding hydrogens is 356 g/mol. The third kappa shape index (κ3) is 3.46. The minimum absolute atomic E-state index is 0.133. The van der Waals surface area contributed by atoms with Crippen LogP contribution in [0.15, 0.2) is 41.6 Å². The van der Waals surface area contributed by atoms with Crippen LogP contribution in [0.4, 0.5) is 0 Å². The topological polar surface area (TPSA) is 52.7 Å². The predicted octanol–water partition coefficient (Wildman–Crippen LogP) is 4.56. The molecule has 0 bridgehead atoms. The number of Topliss-reactive ketones (excluding diaryl/α,β-unsaturated/α-hetero) is 1. The molecule has 2 aromatic heterocycles. The van der Waals surface area contributed by atoms with Crippen LogP contribution in [0.1, 0.15) is 53.3 Å². The molecule has 2 heterocycles. The number of benzene rings is 1. The summed E-state index contributed by atoms with van der Waals surface area (Å²) in [5, 5.41) is 9.53. The molecule has 5 nitrogen and oxygen atoms in total. The number of hydrogen-bond acceptors (Lipinski definition) is 4. The molecule has 140 valence electrons. The van der Waals surface area contributed by atoms with Crippen molar-refractivity contribution in [1.29, 1.82) is 0 Å². The SMILES string of the molecule is CCn1c(SCC(=O)c2cc(C)n(-c3ccccc3)c2C)nnc1C1CC1. The lowest BCUT2D eigenvalue weighted by atomic mass is 10.2.